The molecule has 0 saturated heterocycles. The third-order valence-electron chi connectivity index (χ3n) is 3.02. The minimum absolute atomic E-state index is 0.173. The van der Waals surface area contributed by atoms with E-state index < -0.39 is 47.2 Å². The first kappa shape index (κ1) is 20.6. The van der Waals surface area contributed by atoms with Gasteiger partial charge in [0.25, 0.3) is 5.60 Å². The highest BCUT2D eigenvalue weighted by atomic mass is 19.4. The number of esters is 2. The molecule has 0 aliphatic heterocycles. The van der Waals surface area contributed by atoms with E-state index in [4.69, 9.17) is 0 Å². The number of hydrogen-bond donors (Lipinski definition) is 1. The van der Waals surface area contributed by atoms with Crippen LogP contribution in [0, 0.1) is 0 Å². The van der Waals surface area contributed by atoms with Crippen LogP contribution in [0.25, 0.3) is 0 Å². The van der Waals surface area contributed by atoms with Crippen LogP contribution in [0.2, 0.25) is 0 Å². The van der Waals surface area contributed by atoms with Crippen molar-refractivity contribution < 1.29 is 42.1 Å². The Morgan fingerprint density at radius 2 is 1.60 bits per heavy atom. The molecule has 0 atom stereocenters. The summed E-state index contributed by atoms with van der Waals surface area (Å²) in [6.07, 6.45) is -5.28. The third kappa shape index (κ3) is 4.99. The molecule has 1 aromatic rings. The van der Waals surface area contributed by atoms with Crippen LogP contribution in [-0.2, 0) is 25.2 Å². The first-order valence-electron chi connectivity index (χ1n) is 7.19. The first-order valence-corrected chi connectivity index (χ1v) is 7.19. The van der Waals surface area contributed by atoms with Gasteiger partial charge in [0.05, 0.1) is 25.2 Å². The second-order valence-electron chi connectivity index (χ2n) is 4.83. The number of carbonyl (C=O) groups is 3. The summed E-state index contributed by atoms with van der Waals surface area (Å²) in [4.78, 5) is 39.2. The van der Waals surface area contributed by atoms with Gasteiger partial charge >= 0.3 is 18.1 Å². The fourth-order valence-electron chi connectivity index (χ4n) is 1.78. The number of aliphatic hydroxyl groups is 1. The van der Waals surface area contributed by atoms with Crippen molar-refractivity contribution in [2.24, 2.45) is 0 Å². The van der Waals surface area contributed by atoms with Gasteiger partial charge in [0.2, 0.25) is 0 Å². The SMILES string of the molecule is CCOC(=O)C(O)(CC(=O)c1ccc(C(F)(F)F)cn1)C(=O)OCC. The molecule has 0 fully saturated rings. The molecule has 0 aromatic carbocycles. The van der Waals surface area contributed by atoms with E-state index in [1.165, 1.54) is 13.8 Å². The van der Waals surface area contributed by atoms with Crippen molar-refractivity contribution >= 4 is 17.7 Å². The van der Waals surface area contributed by atoms with Crippen LogP contribution in [0.3, 0.4) is 0 Å². The maximum atomic E-state index is 12.5. The summed E-state index contributed by atoms with van der Waals surface area (Å²) in [5, 5.41) is 10.2. The van der Waals surface area contributed by atoms with Gasteiger partial charge < -0.3 is 14.6 Å². The molecule has 7 nitrogen and oxygen atoms in total. The Bertz CT molecular complexity index is 624. The first-order chi connectivity index (χ1) is 11.6. The molecule has 0 spiro atoms. The number of ether oxygens (including phenoxy) is 2. The summed E-state index contributed by atoms with van der Waals surface area (Å²) in [6, 6.07) is 1.40. The van der Waals surface area contributed by atoms with Gasteiger partial charge in [-0.1, -0.05) is 0 Å². The standard InChI is InChI=1S/C15H16F3NO6/c1-3-24-12(21)14(23,13(22)25-4-2)7-11(20)10-6-5-9(8-19-10)15(16,17)18/h5-6,8,23H,3-4,7H2,1-2H3. The molecule has 0 aliphatic carbocycles. The zero-order valence-electron chi connectivity index (χ0n) is 13.4. The molecule has 1 heterocycles. The average Bonchev–Trinajstić information content (AvgIpc) is 2.54. The highest BCUT2D eigenvalue weighted by Crippen LogP contribution is 2.28. The number of hydrogen-bond acceptors (Lipinski definition) is 7. The minimum Gasteiger partial charge on any atom is -0.463 e. The molecule has 0 saturated carbocycles. The van der Waals surface area contributed by atoms with E-state index in [1.807, 2.05) is 0 Å². The lowest BCUT2D eigenvalue weighted by Crippen LogP contribution is -2.50. The fraction of sp³-hybridized carbons (Fsp3) is 0.467. The number of pyridine rings is 1. The van der Waals surface area contributed by atoms with E-state index in [2.05, 4.69) is 14.5 Å². The maximum absolute atomic E-state index is 12.5. The highest BCUT2D eigenvalue weighted by molar-refractivity contribution is 6.09. The summed E-state index contributed by atoms with van der Waals surface area (Å²) in [5.41, 5.74) is -4.44. The Labute approximate surface area is 140 Å². The normalized spacial score (nSPS) is 11.8. The molecule has 0 aliphatic rings. The van der Waals surface area contributed by atoms with Crippen molar-refractivity contribution in [1.29, 1.82) is 0 Å². The van der Waals surface area contributed by atoms with E-state index in [9.17, 15) is 32.7 Å². The molecule has 1 N–H and O–H groups in total. The summed E-state index contributed by atoms with van der Waals surface area (Å²) < 4.78 is 46.6. The second-order valence-corrected chi connectivity index (χ2v) is 4.83. The maximum Gasteiger partial charge on any atom is 0.417 e. The number of ketones is 1. The quantitative estimate of drug-likeness (QED) is 0.445. The highest BCUT2D eigenvalue weighted by Gasteiger charge is 2.49. The Morgan fingerprint density at radius 1 is 1.08 bits per heavy atom. The lowest BCUT2D eigenvalue weighted by atomic mass is 9.95. The number of alkyl halides is 3. The van der Waals surface area contributed by atoms with E-state index in [0.717, 1.165) is 6.07 Å². The molecular formula is C15H16F3NO6. The van der Waals surface area contributed by atoms with Gasteiger partial charge in [-0.25, -0.2) is 9.59 Å². The molecule has 0 radical (unpaired) electrons. The average molecular weight is 363 g/mol. The largest absolute Gasteiger partial charge is 0.463 e. The monoisotopic (exact) mass is 363 g/mol. The third-order valence-corrected chi connectivity index (χ3v) is 3.02. The summed E-state index contributed by atoms with van der Waals surface area (Å²) in [7, 11) is 0. The van der Waals surface area contributed by atoms with Gasteiger partial charge in [0.1, 0.15) is 5.69 Å². The molecule has 1 aromatic heterocycles. The van der Waals surface area contributed by atoms with Crippen molar-refractivity contribution in [3.63, 3.8) is 0 Å². The van der Waals surface area contributed by atoms with Crippen molar-refractivity contribution in [2.45, 2.75) is 32.0 Å². The molecular weight excluding hydrogens is 347 g/mol. The molecule has 138 valence electrons. The smallest absolute Gasteiger partial charge is 0.417 e. The van der Waals surface area contributed by atoms with Gasteiger partial charge in [-0.15, -0.1) is 0 Å². The number of rotatable bonds is 7. The minimum atomic E-state index is -4.63. The van der Waals surface area contributed by atoms with Gasteiger partial charge in [-0.3, -0.25) is 9.78 Å². The Hall–Kier alpha value is -2.49. The summed E-state index contributed by atoms with van der Waals surface area (Å²) in [5.74, 6) is -3.82. The molecule has 0 unspecified atom stereocenters. The molecule has 25 heavy (non-hydrogen) atoms. The summed E-state index contributed by atoms with van der Waals surface area (Å²) >= 11 is 0. The van der Waals surface area contributed by atoms with Crippen LogP contribution in [0.15, 0.2) is 18.3 Å². The lowest BCUT2D eigenvalue weighted by molar-refractivity contribution is -0.182. The van der Waals surface area contributed by atoms with Crippen molar-refractivity contribution in [2.75, 3.05) is 13.2 Å². The molecule has 0 bridgehead atoms. The van der Waals surface area contributed by atoms with E-state index >= 15 is 0 Å². The van der Waals surface area contributed by atoms with Gasteiger partial charge in [0.15, 0.2) is 5.78 Å². The predicted octanol–water partition coefficient (Wildman–Crippen LogP) is 1.53. The van der Waals surface area contributed by atoms with Gasteiger partial charge in [0, 0.05) is 6.20 Å². The number of aromatic nitrogens is 1. The Balaban J connectivity index is 3.05. The van der Waals surface area contributed by atoms with Crippen LogP contribution in [0.5, 0.6) is 0 Å². The number of Topliss-reactive ketones (excluding diaryl/α,β-unsaturated/α-hetero) is 1. The zero-order valence-corrected chi connectivity index (χ0v) is 13.4. The van der Waals surface area contributed by atoms with Crippen LogP contribution in [-0.4, -0.2) is 46.6 Å². The topological polar surface area (TPSA) is 103 Å². The predicted molar refractivity (Wildman–Crippen MR) is 76.4 cm³/mol. The second kappa shape index (κ2) is 8.06. The van der Waals surface area contributed by atoms with E-state index in [0.29, 0.717) is 12.3 Å². The zero-order chi connectivity index (χ0) is 19.3. The van der Waals surface area contributed by atoms with Crippen molar-refractivity contribution in [3.8, 4) is 0 Å². The fourth-order valence-corrected chi connectivity index (χ4v) is 1.78. The lowest BCUT2D eigenvalue weighted by Gasteiger charge is -2.22. The van der Waals surface area contributed by atoms with Crippen molar-refractivity contribution in [1.82, 2.24) is 4.98 Å². The van der Waals surface area contributed by atoms with Crippen LogP contribution in [0.1, 0.15) is 36.3 Å². The van der Waals surface area contributed by atoms with Crippen LogP contribution in [0.4, 0.5) is 13.2 Å². The molecule has 10 heteroatoms. The number of carbonyl (C=O) groups excluding carboxylic acids is 3. The van der Waals surface area contributed by atoms with E-state index in [-0.39, 0.29) is 13.2 Å². The summed E-state index contributed by atoms with van der Waals surface area (Å²) in [6.45, 7) is 2.49. The number of nitrogens with zero attached hydrogens (tertiary/aromatic N) is 1. The van der Waals surface area contributed by atoms with Crippen LogP contribution < -0.4 is 0 Å². The Morgan fingerprint density at radius 3 is 1.96 bits per heavy atom. The van der Waals surface area contributed by atoms with Gasteiger partial charge in [-0.05, 0) is 26.0 Å². The van der Waals surface area contributed by atoms with Crippen molar-refractivity contribution in [3.05, 3.63) is 29.6 Å². The van der Waals surface area contributed by atoms with Gasteiger partial charge in [-0.2, -0.15) is 13.2 Å². The van der Waals surface area contributed by atoms with E-state index in [1.54, 1.807) is 0 Å². The van der Waals surface area contributed by atoms with Crippen LogP contribution >= 0.6 is 0 Å². The Kier molecular flexibility index (Phi) is 6.63. The molecule has 1 rings (SSSR count). The molecule has 0 amide bonds. The number of halogens is 3.